The van der Waals surface area contributed by atoms with Gasteiger partial charge in [0.1, 0.15) is 17.9 Å². The van der Waals surface area contributed by atoms with Crippen molar-refractivity contribution in [3.05, 3.63) is 29.8 Å². The molecule has 1 amide bonds. The molecule has 0 radical (unpaired) electrons. The number of rotatable bonds is 6. The molecule has 4 unspecified atom stereocenters. The van der Waals surface area contributed by atoms with Crippen LogP contribution in [0.25, 0.3) is 0 Å². The van der Waals surface area contributed by atoms with E-state index in [4.69, 9.17) is 9.47 Å². The van der Waals surface area contributed by atoms with E-state index in [1.807, 2.05) is 13.8 Å². The van der Waals surface area contributed by atoms with Crippen molar-refractivity contribution in [3.63, 3.8) is 0 Å². The van der Waals surface area contributed by atoms with Gasteiger partial charge in [-0.25, -0.2) is 4.79 Å². The minimum Gasteiger partial charge on any atom is -0.497 e. The third-order valence-electron chi connectivity index (χ3n) is 4.05. The van der Waals surface area contributed by atoms with Crippen LogP contribution in [0.3, 0.4) is 0 Å². The maximum absolute atomic E-state index is 12.3. The first-order chi connectivity index (χ1) is 10.9. The van der Waals surface area contributed by atoms with E-state index >= 15 is 0 Å². The summed E-state index contributed by atoms with van der Waals surface area (Å²) in [7, 11) is 1.55. The molecule has 0 spiro atoms. The van der Waals surface area contributed by atoms with Gasteiger partial charge in [-0.15, -0.1) is 0 Å². The van der Waals surface area contributed by atoms with Crippen molar-refractivity contribution in [2.75, 3.05) is 7.11 Å². The Morgan fingerprint density at radius 1 is 1.43 bits per heavy atom. The van der Waals surface area contributed by atoms with Crippen LogP contribution in [-0.2, 0) is 20.7 Å². The highest BCUT2D eigenvalue weighted by atomic mass is 16.5. The Labute approximate surface area is 135 Å². The lowest BCUT2D eigenvalue weighted by Crippen LogP contribution is -2.47. The zero-order chi connectivity index (χ0) is 17.0. The number of aliphatic carboxylic acids is 1. The summed E-state index contributed by atoms with van der Waals surface area (Å²) >= 11 is 0. The molecule has 0 bridgehead atoms. The first-order valence-electron chi connectivity index (χ1n) is 7.72. The predicted molar refractivity (Wildman–Crippen MR) is 84.4 cm³/mol. The molecule has 1 heterocycles. The molecule has 6 heteroatoms. The van der Waals surface area contributed by atoms with Crippen molar-refractivity contribution in [2.24, 2.45) is 5.92 Å². The zero-order valence-corrected chi connectivity index (χ0v) is 13.6. The van der Waals surface area contributed by atoms with E-state index in [0.29, 0.717) is 5.75 Å². The molecule has 1 aromatic rings. The van der Waals surface area contributed by atoms with E-state index in [0.717, 1.165) is 12.0 Å². The highest BCUT2D eigenvalue weighted by Crippen LogP contribution is 2.26. The van der Waals surface area contributed by atoms with Crippen molar-refractivity contribution in [1.82, 2.24) is 5.32 Å². The number of carbonyl (C=O) groups excluding carboxylic acids is 1. The number of carboxylic acid groups (broad SMARTS) is 1. The second kappa shape index (κ2) is 7.46. The van der Waals surface area contributed by atoms with E-state index in [1.54, 1.807) is 31.4 Å². The first kappa shape index (κ1) is 17.3. The molecular formula is C17H23NO5. The summed E-state index contributed by atoms with van der Waals surface area (Å²) in [6.45, 7) is 3.85. The van der Waals surface area contributed by atoms with Crippen molar-refractivity contribution in [1.29, 1.82) is 0 Å². The second-order valence-electron chi connectivity index (χ2n) is 6.04. The number of hydrogen-bond acceptors (Lipinski definition) is 4. The fourth-order valence-electron chi connectivity index (χ4n) is 2.90. The number of benzene rings is 1. The van der Waals surface area contributed by atoms with Crippen molar-refractivity contribution in [2.45, 2.75) is 44.9 Å². The van der Waals surface area contributed by atoms with Gasteiger partial charge in [0.2, 0.25) is 5.91 Å². The Bertz CT molecular complexity index is 574. The molecule has 126 valence electrons. The number of methoxy groups -OCH3 is 1. The molecule has 1 aliphatic heterocycles. The van der Waals surface area contributed by atoms with E-state index in [2.05, 4.69) is 5.32 Å². The van der Waals surface area contributed by atoms with Crippen LogP contribution >= 0.6 is 0 Å². The highest BCUT2D eigenvalue weighted by Gasteiger charge is 2.36. The fraction of sp³-hybridized carbons (Fsp3) is 0.529. The molecule has 1 fully saturated rings. The molecule has 0 saturated carbocycles. The Kier molecular flexibility index (Phi) is 5.60. The highest BCUT2D eigenvalue weighted by molar-refractivity contribution is 5.86. The topological polar surface area (TPSA) is 84.9 Å². The minimum atomic E-state index is -1.07. The van der Waals surface area contributed by atoms with Gasteiger partial charge >= 0.3 is 5.97 Å². The van der Waals surface area contributed by atoms with Gasteiger partial charge in [-0.1, -0.05) is 19.1 Å². The van der Waals surface area contributed by atoms with Crippen LogP contribution in [0.5, 0.6) is 5.75 Å². The van der Waals surface area contributed by atoms with Gasteiger partial charge in [-0.05, 0) is 37.0 Å². The lowest BCUT2D eigenvalue weighted by atomic mass is 10.0. The molecular weight excluding hydrogens is 298 g/mol. The fourth-order valence-corrected chi connectivity index (χ4v) is 2.90. The molecule has 0 aromatic heterocycles. The van der Waals surface area contributed by atoms with Gasteiger partial charge in [0.25, 0.3) is 0 Å². The normalized spacial score (nSPS) is 24.9. The van der Waals surface area contributed by atoms with Crippen molar-refractivity contribution in [3.8, 4) is 5.75 Å². The van der Waals surface area contributed by atoms with Crippen LogP contribution in [-0.4, -0.2) is 42.3 Å². The third kappa shape index (κ3) is 4.45. The maximum atomic E-state index is 12.3. The van der Waals surface area contributed by atoms with Crippen LogP contribution in [0.2, 0.25) is 0 Å². The van der Waals surface area contributed by atoms with Crippen molar-refractivity contribution < 1.29 is 24.2 Å². The molecule has 1 saturated heterocycles. The smallest absolute Gasteiger partial charge is 0.326 e. The van der Waals surface area contributed by atoms with Gasteiger partial charge in [0.15, 0.2) is 0 Å². The Morgan fingerprint density at radius 2 is 2.17 bits per heavy atom. The molecule has 1 aromatic carbocycles. The number of carbonyl (C=O) groups is 2. The summed E-state index contributed by atoms with van der Waals surface area (Å²) in [5.41, 5.74) is 0.783. The summed E-state index contributed by atoms with van der Waals surface area (Å²) in [5, 5.41) is 12.0. The third-order valence-corrected chi connectivity index (χ3v) is 4.05. The molecule has 4 atom stereocenters. The summed E-state index contributed by atoms with van der Waals surface area (Å²) in [4.78, 5) is 23.8. The Balaban J connectivity index is 2.04. The number of nitrogens with one attached hydrogen (secondary N) is 1. The average Bonchev–Trinajstić information content (AvgIpc) is 2.85. The summed E-state index contributed by atoms with van der Waals surface area (Å²) in [6.07, 6.45) is 0.417. The Morgan fingerprint density at radius 3 is 2.74 bits per heavy atom. The number of amides is 1. The molecule has 0 aliphatic carbocycles. The number of hydrogen-bond donors (Lipinski definition) is 2. The minimum absolute atomic E-state index is 0.0161. The maximum Gasteiger partial charge on any atom is 0.326 e. The zero-order valence-electron chi connectivity index (χ0n) is 13.6. The van der Waals surface area contributed by atoms with E-state index in [9.17, 15) is 14.7 Å². The van der Waals surface area contributed by atoms with Crippen LogP contribution in [0, 0.1) is 5.92 Å². The van der Waals surface area contributed by atoms with Crippen molar-refractivity contribution >= 4 is 11.9 Å². The van der Waals surface area contributed by atoms with E-state index in [-0.39, 0.29) is 24.3 Å². The standard InChI is InChI=1S/C17H23NO5/c1-10-7-11(2)23-15(10)16(19)18-14(17(20)21)9-12-5-4-6-13(8-12)22-3/h4-6,8,10-11,14-15H,7,9H2,1-3H3,(H,18,19)(H,20,21). The lowest BCUT2D eigenvalue weighted by Gasteiger charge is -2.19. The van der Waals surface area contributed by atoms with E-state index < -0.39 is 18.1 Å². The van der Waals surface area contributed by atoms with Crippen LogP contribution in [0.1, 0.15) is 25.8 Å². The second-order valence-corrected chi connectivity index (χ2v) is 6.04. The van der Waals surface area contributed by atoms with Gasteiger partial charge in [-0.3, -0.25) is 4.79 Å². The van der Waals surface area contributed by atoms with Crippen LogP contribution in [0.4, 0.5) is 0 Å². The lowest BCUT2D eigenvalue weighted by molar-refractivity contribution is -0.144. The number of carboxylic acids is 1. The SMILES string of the molecule is COc1cccc(CC(NC(=O)C2OC(C)CC2C)C(=O)O)c1. The predicted octanol–water partition coefficient (Wildman–Crippen LogP) is 1.62. The molecule has 6 nitrogen and oxygen atoms in total. The monoisotopic (exact) mass is 321 g/mol. The number of ether oxygens (including phenoxy) is 2. The largest absolute Gasteiger partial charge is 0.497 e. The molecule has 1 aliphatic rings. The first-order valence-corrected chi connectivity index (χ1v) is 7.72. The molecule has 2 N–H and O–H groups in total. The average molecular weight is 321 g/mol. The Hall–Kier alpha value is -2.08. The van der Waals surface area contributed by atoms with Gasteiger partial charge in [0.05, 0.1) is 13.2 Å². The quantitative estimate of drug-likeness (QED) is 0.832. The van der Waals surface area contributed by atoms with Gasteiger partial charge < -0.3 is 19.9 Å². The van der Waals surface area contributed by atoms with E-state index in [1.165, 1.54) is 0 Å². The van der Waals surface area contributed by atoms with Crippen LogP contribution in [0.15, 0.2) is 24.3 Å². The molecule has 23 heavy (non-hydrogen) atoms. The van der Waals surface area contributed by atoms with Gasteiger partial charge in [-0.2, -0.15) is 0 Å². The summed E-state index contributed by atoms with van der Waals surface area (Å²) in [6, 6.07) is 6.15. The summed E-state index contributed by atoms with van der Waals surface area (Å²) < 4.78 is 10.7. The summed E-state index contributed by atoms with van der Waals surface area (Å²) in [5.74, 6) is -0.701. The van der Waals surface area contributed by atoms with Crippen LogP contribution < -0.4 is 10.1 Å². The van der Waals surface area contributed by atoms with Gasteiger partial charge in [0, 0.05) is 6.42 Å². The molecule has 2 rings (SSSR count).